The highest BCUT2D eigenvalue weighted by Crippen LogP contribution is 2.39. The van der Waals surface area contributed by atoms with E-state index in [0.717, 1.165) is 12.1 Å². The van der Waals surface area contributed by atoms with E-state index in [2.05, 4.69) is 4.98 Å². The fourth-order valence-corrected chi connectivity index (χ4v) is 3.33. The number of aliphatic hydroxyl groups excluding tert-OH is 1. The van der Waals surface area contributed by atoms with E-state index in [9.17, 15) is 18.3 Å². The van der Waals surface area contributed by atoms with Gasteiger partial charge in [0.05, 0.1) is 17.9 Å². The molecule has 0 spiro atoms. The van der Waals surface area contributed by atoms with E-state index in [0.29, 0.717) is 42.8 Å². The Balaban J connectivity index is 0.00000136. The predicted molar refractivity (Wildman–Crippen MR) is 102 cm³/mol. The number of nitrogens with two attached hydrogens (primary N) is 1. The first-order valence-corrected chi connectivity index (χ1v) is 9.35. The summed E-state index contributed by atoms with van der Waals surface area (Å²) in [6.07, 6.45) is 1.01. The Hall–Kier alpha value is -2.32. The lowest BCUT2D eigenvalue weighted by Crippen LogP contribution is -2.36. The minimum Gasteiger partial charge on any atom is -0.409 e. The number of halogens is 3. The lowest BCUT2D eigenvalue weighted by Gasteiger charge is -2.37. The van der Waals surface area contributed by atoms with Crippen molar-refractivity contribution in [2.24, 2.45) is 5.90 Å². The molecule has 1 aromatic carbocycles. The number of anilines is 2. The normalized spacial score (nSPS) is 19.4. The summed E-state index contributed by atoms with van der Waals surface area (Å²) in [5, 5.41) is 9.78. The van der Waals surface area contributed by atoms with Crippen molar-refractivity contribution in [3.05, 3.63) is 48.3 Å². The van der Waals surface area contributed by atoms with Gasteiger partial charge in [0.1, 0.15) is 5.69 Å². The quantitative estimate of drug-likeness (QED) is 0.724. The summed E-state index contributed by atoms with van der Waals surface area (Å²) in [6.45, 7) is 4.00. The number of hydrogen-bond acceptors (Lipinski definition) is 5. The molecule has 0 aliphatic heterocycles. The first-order valence-electron chi connectivity index (χ1n) is 9.35. The van der Waals surface area contributed by atoms with Crippen LogP contribution in [-0.4, -0.2) is 22.2 Å². The SMILES string of the molecule is CC.NOc1ccncc1N(c1ccc(C(F)(F)F)cc1)C1CCC(O)CC1. The number of hydrogen-bond donors (Lipinski definition) is 2. The molecule has 1 saturated carbocycles. The van der Waals surface area contributed by atoms with E-state index < -0.39 is 11.7 Å². The minimum atomic E-state index is -4.39. The average Bonchev–Trinajstić information content (AvgIpc) is 2.71. The second-order valence-corrected chi connectivity index (χ2v) is 6.34. The van der Waals surface area contributed by atoms with Gasteiger partial charge >= 0.3 is 6.18 Å². The van der Waals surface area contributed by atoms with Gasteiger partial charge < -0.3 is 14.8 Å². The molecule has 154 valence electrons. The molecule has 0 saturated heterocycles. The molecule has 1 fully saturated rings. The molecule has 1 aliphatic carbocycles. The second-order valence-electron chi connectivity index (χ2n) is 6.34. The average molecular weight is 397 g/mol. The molecule has 0 radical (unpaired) electrons. The number of pyridine rings is 1. The topological polar surface area (TPSA) is 71.6 Å². The van der Waals surface area contributed by atoms with E-state index in [1.165, 1.54) is 18.3 Å². The second kappa shape index (κ2) is 9.75. The maximum atomic E-state index is 12.9. The summed E-state index contributed by atoms with van der Waals surface area (Å²) in [5.41, 5.74) is 0.462. The van der Waals surface area contributed by atoms with Crippen LogP contribution in [0.5, 0.6) is 5.75 Å². The van der Waals surface area contributed by atoms with E-state index in [1.807, 2.05) is 18.7 Å². The fraction of sp³-hybridized carbons (Fsp3) is 0.450. The fourth-order valence-electron chi connectivity index (χ4n) is 3.33. The molecular weight excluding hydrogens is 371 g/mol. The molecular formula is C20H26F3N3O2. The Labute approximate surface area is 162 Å². The highest BCUT2D eigenvalue weighted by atomic mass is 19.4. The van der Waals surface area contributed by atoms with E-state index in [4.69, 9.17) is 10.7 Å². The number of alkyl halides is 3. The van der Waals surface area contributed by atoms with Gasteiger partial charge in [-0.15, -0.1) is 0 Å². The third-order valence-electron chi connectivity index (χ3n) is 4.65. The Morgan fingerprint density at radius 3 is 2.21 bits per heavy atom. The Bertz CT molecular complexity index is 730. The molecule has 0 amide bonds. The van der Waals surface area contributed by atoms with Crippen molar-refractivity contribution < 1.29 is 23.1 Å². The molecule has 0 bridgehead atoms. The Morgan fingerprint density at radius 1 is 1.07 bits per heavy atom. The molecule has 0 unspecified atom stereocenters. The lowest BCUT2D eigenvalue weighted by molar-refractivity contribution is -0.137. The van der Waals surface area contributed by atoms with Gasteiger partial charge in [0.25, 0.3) is 0 Å². The number of nitrogens with zero attached hydrogens (tertiary/aromatic N) is 2. The molecule has 2 aromatic rings. The largest absolute Gasteiger partial charge is 0.416 e. The van der Waals surface area contributed by atoms with Crippen LogP contribution in [0.15, 0.2) is 42.7 Å². The number of benzene rings is 1. The van der Waals surface area contributed by atoms with Crippen LogP contribution in [0.2, 0.25) is 0 Å². The van der Waals surface area contributed by atoms with Crippen molar-refractivity contribution in [2.75, 3.05) is 4.90 Å². The van der Waals surface area contributed by atoms with Crippen LogP contribution in [-0.2, 0) is 6.18 Å². The lowest BCUT2D eigenvalue weighted by atomic mass is 9.91. The van der Waals surface area contributed by atoms with Crippen molar-refractivity contribution in [1.82, 2.24) is 4.98 Å². The van der Waals surface area contributed by atoms with Gasteiger partial charge in [0.15, 0.2) is 5.75 Å². The van der Waals surface area contributed by atoms with Crippen LogP contribution in [0.3, 0.4) is 0 Å². The van der Waals surface area contributed by atoms with Gasteiger partial charge in [-0.05, 0) is 49.9 Å². The third kappa shape index (κ3) is 5.14. The zero-order chi connectivity index (χ0) is 20.7. The molecule has 3 N–H and O–H groups in total. The van der Waals surface area contributed by atoms with Gasteiger partial charge in [0.2, 0.25) is 0 Å². The van der Waals surface area contributed by atoms with E-state index >= 15 is 0 Å². The van der Waals surface area contributed by atoms with Crippen LogP contribution < -0.4 is 15.6 Å². The zero-order valence-electron chi connectivity index (χ0n) is 16.0. The van der Waals surface area contributed by atoms with Gasteiger partial charge in [-0.1, -0.05) is 13.8 Å². The van der Waals surface area contributed by atoms with Gasteiger partial charge in [0, 0.05) is 24.0 Å². The molecule has 1 heterocycles. The highest BCUT2D eigenvalue weighted by molar-refractivity contribution is 5.69. The molecule has 5 nitrogen and oxygen atoms in total. The van der Waals surface area contributed by atoms with Crippen molar-refractivity contribution in [2.45, 2.75) is 57.9 Å². The summed E-state index contributed by atoms with van der Waals surface area (Å²) < 4.78 is 38.6. The summed E-state index contributed by atoms with van der Waals surface area (Å²) in [7, 11) is 0. The molecule has 28 heavy (non-hydrogen) atoms. The molecule has 3 rings (SSSR count). The Morgan fingerprint density at radius 2 is 1.68 bits per heavy atom. The summed E-state index contributed by atoms with van der Waals surface area (Å²) in [5.74, 6) is 5.74. The standard InChI is InChI=1S/C18H20F3N3O2.C2H6/c19-18(20,21)12-1-3-13(4-2-12)24(14-5-7-15(25)8-6-14)16-11-23-10-9-17(16)26-22;1-2/h1-4,9-11,14-15,25H,5-8,22H2;1-2H3. The van der Waals surface area contributed by atoms with Crippen molar-refractivity contribution in [3.8, 4) is 5.75 Å². The first-order chi connectivity index (χ1) is 13.4. The van der Waals surface area contributed by atoms with Crippen molar-refractivity contribution >= 4 is 11.4 Å². The number of aromatic nitrogens is 1. The third-order valence-corrected chi connectivity index (χ3v) is 4.65. The first kappa shape index (κ1) is 22.0. The van der Waals surface area contributed by atoms with Gasteiger partial charge in [-0.25, -0.2) is 0 Å². The molecule has 8 heteroatoms. The minimum absolute atomic E-state index is 0.00626. The smallest absolute Gasteiger partial charge is 0.409 e. The molecule has 1 aliphatic rings. The van der Waals surface area contributed by atoms with Crippen LogP contribution in [0.1, 0.15) is 45.1 Å². The van der Waals surface area contributed by atoms with Crippen LogP contribution >= 0.6 is 0 Å². The van der Waals surface area contributed by atoms with Crippen LogP contribution in [0.4, 0.5) is 24.5 Å². The maximum Gasteiger partial charge on any atom is 0.416 e. The summed E-state index contributed by atoms with van der Waals surface area (Å²) in [6, 6.07) is 6.57. The number of aliphatic hydroxyl groups is 1. The summed E-state index contributed by atoms with van der Waals surface area (Å²) >= 11 is 0. The Kier molecular flexibility index (Phi) is 7.65. The van der Waals surface area contributed by atoms with Crippen LogP contribution in [0.25, 0.3) is 0 Å². The zero-order valence-corrected chi connectivity index (χ0v) is 16.0. The van der Waals surface area contributed by atoms with E-state index in [-0.39, 0.29) is 12.1 Å². The predicted octanol–water partition coefficient (Wildman–Crippen LogP) is 4.82. The van der Waals surface area contributed by atoms with Crippen molar-refractivity contribution in [1.29, 1.82) is 0 Å². The van der Waals surface area contributed by atoms with Gasteiger partial charge in [-0.3, -0.25) is 4.98 Å². The monoisotopic (exact) mass is 397 g/mol. The number of rotatable bonds is 4. The maximum absolute atomic E-state index is 12.9. The van der Waals surface area contributed by atoms with Gasteiger partial charge in [-0.2, -0.15) is 19.1 Å². The molecule has 1 aromatic heterocycles. The van der Waals surface area contributed by atoms with Crippen molar-refractivity contribution in [3.63, 3.8) is 0 Å². The van der Waals surface area contributed by atoms with Crippen LogP contribution in [0, 0.1) is 0 Å². The summed E-state index contributed by atoms with van der Waals surface area (Å²) in [4.78, 5) is 10.9. The highest BCUT2D eigenvalue weighted by Gasteiger charge is 2.32. The van der Waals surface area contributed by atoms with E-state index in [1.54, 1.807) is 12.3 Å². The molecule has 0 atom stereocenters.